The minimum atomic E-state index is -4.08. The second-order valence-electron chi connectivity index (χ2n) is 3.68. The van der Waals surface area contributed by atoms with Gasteiger partial charge in [0.25, 0.3) is 0 Å². The lowest BCUT2D eigenvalue weighted by molar-refractivity contribution is -0.138. The van der Waals surface area contributed by atoms with Gasteiger partial charge in [0.1, 0.15) is 0 Å². The maximum Gasteiger partial charge on any atom is 0.389 e. The van der Waals surface area contributed by atoms with Crippen molar-refractivity contribution >= 4 is 0 Å². The van der Waals surface area contributed by atoms with Crippen LogP contribution in [0, 0.1) is 0 Å². The van der Waals surface area contributed by atoms with Gasteiger partial charge < -0.3 is 9.84 Å². The predicted octanol–water partition coefficient (Wildman–Crippen LogP) is 2.26. The number of aliphatic hydroxyl groups excluding tert-OH is 1. The first-order chi connectivity index (χ1) is 6.47. The number of halogens is 3. The van der Waals surface area contributed by atoms with E-state index in [1.54, 1.807) is 0 Å². The highest BCUT2D eigenvalue weighted by atomic mass is 19.4. The summed E-state index contributed by atoms with van der Waals surface area (Å²) < 4.78 is 40.4. The van der Waals surface area contributed by atoms with Crippen molar-refractivity contribution in [3.8, 4) is 0 Å². The minimum absolute atomic E-state index is 0.0100. The molecule has 1 saturated carbocycles. The number of aliphatic hydroxyl groups is 1. The van der Waals surface area contributed by atoms with Crippen LogP contribution >= 0.6 is 0 Å². The van der Waals surface area contributed by atoms with Gasteiger partial charge in [0.2, 0.25) is 0 Å². The molecule has 5 heteroatoms. The molecule has 1 N–H and O–H groups in total. The Morgan fingerprint density at radius 2 is 2.00 bits per heavy atom. The van der Waals surface area contributed by atoms with E-state index in [0.717, 1.165) is 6.42 Å². The Morgan fingerprint density at radius 1 is 1.29 bits per heavy atom. The van der Waals surface area contributed by atoms with Crippen LogP contribution in [0.3, 0.4) is 0 Å². The van der Waals surface area contributed by atoms with Gasteiger partial charge in [-0.1, -0.05) is 0 Å². The smallest absolute Gasteiger partial charge is 0.389 e. The lowest BCUT2D eigenvalue weighted by atomic mass is 10.3. The van der Waals surface area contributed by atoms with Crippen molar-refractivity contribution in [1.29, 1.82) is 0 Å². The van der Waals surface area contributed by atoms with Crippen molar-refractivity contribution in [3.05, 3.63) is 0 Å². The third-order valence-corrected chi connectivity index (χ3v) is 2.31. The molecule has 2 nitrogen and oxygen atoms in total. The highest BCUT2D eigenvalue weighted by molar-refractivity contribution is 4.74. The van der Waals surface area contributed by atoms with Crippen LogP contribution in [0.4, 0.5) is 13.2 Å². The molecule has 1 fully saturated rings. The van der Waals surface area contributed by atoms with E-state index < -0.39 is 12.6 Å². The Balaban J connectivity index is 1.99. The standard InChI is InChI=1S/C9H15F3O2/c10-9(11,12)4-1-5-14-8-3-2-7(13)6-8/h7-8,13H,1-6H2. The molecule has 0 aromatic heterocycles. The van der Waals surface area contributed by atoms with E-state index in [0.29, 0.717) is 12.8 Å². The Kier molecular flexibility index (Phi) is 4.19. The summed E-state index contributed by atoms with van der Waals surface area (Å²) in [6.07, 6.45) is -3.22. The summed E-state index contributed by atoms with van der Waals surface area (Å²) >= 11 is 0. The summed E-state index contributed by atoms with van der Waals surface area (Å²) in [6, 6.07) is 0. The van der Waals surface area contributed by atoms with Gasteiger partial charge in [-0.2, -0.15) is 13.2 Å². The molecule has 0 aliphatic heterocycles. The first-order valence-corrected chi connectivity index (χ1v) is 4.84. The van der Waals surface area contributed by atoms with E-state index in [1.807, 2.05) is 0 Å². The average Bonchev–Trinajstić information content (AvgIpc) is 2.44. The monoisotopic (exact) mass is 212 g/mol. The van der Waals surface area contributed by atoms with Crippen LogP contribution in [-0.4, -0.2) is 30.1 Å². The molecule has 1 rings (SSSR count). The van der Waals surface area contributed by atoms with Crippen LogP contribution in [0.25, 0.3) is 0 Å². The van der Waals surface area contributed by atoms with Crippen LogP contribution in [0.1, 0.15) is 32.1 Å². The van der Waals surface area contributed by atoms with E-state index in [4.69, 9.17) is 9.84 Å². The number of hydrogen-bond acceptors (Lipinski definition) is 2. The Hall–Kier alpha value is -0.290. The molecular formula is C9H15F3O2. The molecule has 2 atom stereocenters. The van der Waals surface area contributed by atoms with Gasteiger partial charge in [-0.3, -0.25) is 0 Å². The molecule has 1 aliphatic carbocycles. The lowest BCUT2D eigenvalue weighted by Gasteiger charge is -2.11. The topological polar surface area (TPSA) is 29.5 Å². The van der Waals surface area contributed by atoms with Crippen molar-refractivity contribution in [2.24, 2.45) is 0 Å². The lowest BCUT2D eigenvalue weighted by Crippen LogP contribution is -2.13. The highest BCUT2D eigenvalue weighted by Gasteiger charge is 2.27. The van der Waals surface area contributed by atoms with Crippen LogP contribution in [0.2, 0.25) is 0 Å². The molecule has 84 valence electrons. The fourth-order valence-corrected chi connectivity index (χ4v) is 1.59. The average molecular weight is 212 g/mol. The summed E-state index contributed by atoms with van der Waals surface area (Å²) in [7, 11) is 0. The second-order valence-corrected chi connectivity index (χ2v) is 3.68. The second kappa shape index (κ2) is 4.98. The Bertz CT molecular complexity index is 170. The molecule has 0 heterocycles. The van der Waals surface area contributed by atoms with Gasteiger partial charge >= 0.3 is 6.18 Å². The van der Waals surface area contributed by atoms with E-state index in [2.05, 4.69) is 0 Å². The van der Waals surface area contributed by atoms with Gasteiger partial charge in [0.15, 0.2) is 0 Å². The van der Waals surface area contributed by atoms with Crippen LogP contribution in [-0.2, 0) is 4.74 Å². The van der Waals surface area contributed by atoms with Crippen molar-refractivity contribution in [2.75, 3.05) is 6.61 Å². The molecule has 2 unspecified atom stereocenters. The summed E-state index contributed by atoms with van der Waals surface area (Å²) in [5, 5.41) is 9.13. The molecule has 0 amide bonds. The molecule has 0 bridgehead atoms. The quantitative estimate of drug-likeness (QED) is 0.724. The van der Waals surface area contributed by atoms with Gasteiger partial charge in [-0.25, -0.2) is 0 Å². The van der Waals surface area contributed by atoms with E-state index in [9.17, 15) is 13.2 Å². The van der Waals surface area contributed by atoms with Crippen LogP contribution in [0.15, 0.2) is 0 Å². The van der Waals surface area contributed by atoms with Gasteiger partial charge in [0, 0.05) is 13.0 Å². The van der Waals surface area contributed by atoms with E-state index in [-0.39, 0.29) is 25.2 Å². The van der Waals surface area contributed by atoms with Gasteiger partial charge in [0.05, 0.1) is 12.2 Å². The molecular weight excluding hydrogens is 197 g/mol. The first-order valence-electron chi connectivity index (χ1n) is 4.84. The molecule has 0 saturated heterocycles. The van der Waals surface area contributed by atoms with Crippen molar-refractivity contribution < 1.29 is 23.0 Å². The maximum absolute atomic E-state index is 11.7. The number of alkyl halides is 3. The molecule has 0 aromatic rings. The number of hydrogen-bond donors (Lipinski definition) is 1. The predicted molar refractivity (Wildman–Crippen MR) is 44.9 cm³/mol. The Labute approximate surface area is 81.1 Å². The number of ether oxygens (including phenoxy) is 1. The normalized spacial score (nSPS) is 28.3. The molecule has 1 aliphatic rings. The highest BCUT2D eigenvalue weighted by Crippen LogP contribution is 2.24. The maximum atomic E-state index is 11.7. The van der Waals surface area contributed by atoms with E-state index in [1.165, 1.54) is 0 Å². The summed E-state index contributed by atoms with van der Waals surface area (Å²) in [5.74, 6) is 0. The number of rotatable bonds is 4. The van der Waals surface area contributed by atoms with Crippen molar-refractivity contribution in [3.63, 3.8) is 0 Å². The first kappa shape index (κ1) is 11.8. The van der Waals surface area contributed by atoms with Gasteiger partial charge in [-0.05, 0) is 25.7 Å². The third-order valence-electron chi connectivity index (χ3n) is 2.31. The fraction of sp³-hybridized carbons (Fsp3) is 1.00. The molecule has 14 heavy (non-hydrogen) atoms. The van der Waals surface area contributed by atoms with Crippen LogP contribution in [0.5, 0.6) is 0 Å². The summed E-state index contributed by atoms with van der Waals surface area (Å²) in [4.78, 5) is 0. The summed E-state index contributed by atoms with van der Waals surface area (Å²) in [6.45, 7) is 0.136. The molecule has 0 spiro atoms. The van der Waals surface area contributed by atoms with Crippen LogP contribution < -0.4 is 0 Å². The minimum Gasteiger partial charge on any atom is -0.393 e. The van der Waals surface area contributed by atoms with Crippen molar-refractivity contribution in [2.45, 2.75) is 50.5 Å². The largest absolute Gasteiger partial charge is 0.393 e. The van der Waals surface area contributed by atoms with Gasteiger partial charge in [-0.15, -0.1) is 0 Å². The Morgan fingerprint density at radius 3 is 2.50 bits per heavy atom. The summed E-state index contributed by atoms with van der Waals surface area (Å²) in [5.41, 5.74) is 0. The molecule has 0 aromatic carbocycles. The third kappa shape index (κ3) is 4.81. The van der Waals surface area contributed by atoms with Crippen molar-refractivity contribution in [1.82, 2.24) is 0 Å². The zero-order chi connectivity index (χ0) is 10.6. The van der Waals surface area contributed by atoms with E-state index >= 15 is 0 Å². The SMILES string of the molecule is OC1CCC(OCCCC(F)(F)F)C1. The fourth-order valence-electron chi connectivity index (χ4n) is 1.59. The zero-order valence-electron chi connectivity index (χ0n) is 7.89. The molecule has 0 radical (unpaired) electrons. The zero-order valence-corrected chi connectivity index (χ0v) is 7.89.